The lowest BCUT2D eigenvalue weighted by atomic mass is 9.92. The molecule has 5 rings (SSSR count). The van der Waals surface area contributed by atoms with Gasteiger partial charge in [0.05, 0.1) is 22.3 Å². The molecule has 1 saturated carbocycles. The molecule has 1 aromatic heterocycles. The van der Waals surface area contributed by atoms with E-state index in [9.17, 15) is 34.8 Å². The van der Waals surface area contributed by atoms with Crippen LogP contribution >= 0.6 is 0 Å². The molecular formula is C29H24F6N4O3S. The lowest BCUT2D eigenvalue weighted by Crippen LogP contribution is -2.21. The van der Waals surface area contributed by atoms with Crippen LogP contribution in [0, 0.1) is 0 Å². The Morgan fingerprint density at radius 3 is 2.35 bits per heavy atom. The van der Waals surface area contributed by atoms with E-state index >= 15 is 0 Å². The molecule has 4 aromatic rings. The van der Waals surface area contributed by atoms with Crippen molar-refractivity contribution in [3.63, 3.8) is 0 Å². The van der Waals surface area contributed by atoms with Gasteiger partial charge in [-0.2, -0.15) is 13.2 Å². The second-order valence-electron chi connectivity index (χ2n) is 10.00. The number of halogens is 6. The summed E-state index contributed by atoms with van der Waals surface area (Å²) >= 11 is 0. The Hall–Kier alpha value is -4.17. The Morgan fingerprint density at radius 1 is 0.884 bits per heavy atom. The highest BCUT2D eigenvalue weighted by Crippen LogP contribution is 2.42. The molecule has 0 amide bonds. The molecule has 0 saturated heterocycles. The third kappa shape index (κ3) is 7.08. The van der Waals surface area contributed by atoms with Gasteiger partial charge in [-0.3, -0.25) is 4.74 Å². The Bertz CT molecular complexity index is 1740. The zero-order valence-corrected chi connectivity index (χ0v) is 23.0. The van der Waals surface area contributed by atoms with Gasteiger partial charge in [-0.25, -0.2) is 23.1 Å². The molecule has 3 N–H and O–H groups in total. The minimum absolute atomic E-state index is 0.119. The maximum Gasteiger partial charge on any atom is 0.522 e. The van der Waals surface area contributed by atoms with Crippen LogP contribution in [0.5, 0.6) is 0 Å². The average Bonchev–Trinajstić information content (AvgIpc) is 3.39. The first-order chi connectivity index (χ1) is 20.2. The summed E-state index contributed by atoms with van der Waals surface area (Å²) in [6, 6.07) is 16.7. The minimum Gasteiger partial charge on any atom is -0.399 e. The number of nitrogen functional groups attached to an aromatic ring is 1. The van der Waals surface area contributed by atoms with Crippen molar-refractivity contribution in [1.29, 1.82) is 0 Å². The number of anilines is 2. The van der Waals surface area contributed by atoms with E-state index in [-0.39, 0.29) is 46.2 Å². The van der Waals surface area contributed by atoms with E-state index in [1.54, 1.807) is 24.3 Å². The minimum atomic E-state index is -4.76. The number of ether oxygens (including phenoxy) is 1. The monoisotopic (exact) mass is 622 g/mol. The van der Waals surface area contributed by atoms with Gasteiger partial charge >= 0.3 is 12.5 Å². The van der Waals surface area contributed by atoms with Gasteiger partial charge in [0.25, 0.3) is 10.0 Å². The molecule has 0 spiro atoms. The number of nitrogens with zero attached hydrogens (tertiary/aromatic N) is 2. The molecule has 1 fully saturated rings. The maximum atomic E-state index is 14.1. The van der Waals surface area contributed by atoms with Crippen LogP contribution in [0.4, 0.5) is 38.0 Å². The summed E-state index contributed by atoms with van der Waals surface area (Å²) in [6.07, 6.45) is -8.57. The zero-order chi connectivity index (χ0) is 31.0. The van der Waals surface area contributed by atoms with Crippen molar-refractivity contribution in [3.05, 3.63) is 90.1 Å². The van der Waals surface area contributed by atoms with Gasteiger partial charge in [0.15, 0.2) is 0 Å². The first-order valence-electron chi connectivity index (χ1n) is 13.0. The largest absolute Gasteiger partial charge is 0.522 e. The number of alkyl halides is 6. The van der Waals surface area contributed by atoms with Crippen LogP contribution in [0.3, 0.4) is 0 Å². The van der Waals surface area contributed by atoms with Crippen molar-refractivity contribution in [1.82, 2.24) is 9.97 Å². The highest BCUT2D eigenvalue weighted by Gasteiger charge is 2.38. The summed E-state index contributed by atoms with van der Waals surface area (Å²) in [4.78, 5) is 8.12. The number of hydrogen-bond donors (Lipinski definition) is 2. The lowest BCUT2D eigenvalue weighted by Gasteiger charge is -2.18. The summed E-state index contributed by atoms with van der Waals surface area (Å²) in [5.41, 5.74) is 5.59. The molecule has 226 valence electrons. The third-order valence-corrected chi connectivity index (χ3v) is 8.35. The molecule has 0 radical (unpaired) electrons. The summed E-state index contributed by atoms with van der Waals surface area (Å²) in [5, 5.41) is 0. The summed E-state index contributed by atoms with van der Waals surface area (Å²) in [6.45, 7) is 0. The first kappa shape index (κ1) is 30.3. The van der Waals surface area contributed by atoms with Crippen LogP contribution in [0.15, 0.2) is 83.9 Å². The van der Waals surface area contributed by atoms with Crippen LogP contribution in [-0.4, -0.2) is 30.9 Å². The van der Waals surface area contributed by atoms with Crippen molar-refractivity contribution >= 4 is 21.7 Å². The Morgan fingerprint density at radius 2 is 1.63 bits per heavy atom. The normalized spacial score (nSPS) is 17.6. The molecule has 14 heteroatoms. The van der Waals surface area contributed by atoms with Gasteiger partial charge in [-0.05, 0) is 60.6 Å². The summed E-state index contributed by atoms with van der Waals surface area (Å²) < 4.78 is 113. The standard InChI is InChI=1S/C29H24F6N4O3S/c30-28(31,32)25-10-2-1-9-23(25)26-24(16-37-27(38-26)39-43(40,41)22-8-4-7-20(36)15-22)19-6-3-5-17(13-19)18-11-12-21(14-18)42-29(33,34)35/h1-10,13,15-16,18,21H,11-12,14,36H2,(H,37,38,39)/t18-,21-/m1/s1. The van der Waals surface area contributed by atoms with E-state index in [4.69, 9.17) is 5.73 Å². The second-order valence-corrected chi connectivity index (χ2v) is 11.7. The van der Waals surface area contributed by atoms with E-state index < -0.39 is 40.2 Å². The molecule has 1 aliphatic carbocycles. The molecule has 1 heterocycles. The average molecular weight is 623 g/mol. The fourth-order valence-electron chi connectivity index (χ4n) is 5.14. The first-order valence-corrected chi connectivity index (χ1v) is 14.4. The predicted octanol–water partition coefficient (Wildman–Crippen LogP) is 7.38. The maximum absolute atomic E-state index is 14.1. The molecule has 0 aliphatic heterocycles. The van der Waals surface area contributed by atoms with Gasteiger partial charge in [0.2, 0.25) is 5.95 Å². The van der Waals surface area contributed by atoms with Gasteiger partial charge in [-0.15, -0.1) is 13.2 Å². The fourth-order valence-corrected chi connectivity index (χ4v) is 6.15. The number of hydrogen-bond acceptors (Lipinski definition) is 6. The molecule has 43 heavy (non-hydrogen) atoms. The summed E-state index contributed by atoms with van der Waals surface area (Å²) in [5.74, 6) is -0.749. The van der Waals surface area contributed by atoms with Crippen LogP contribution in [-0.2, 0) is 20.9 Å². The Labute approximate surface area is 242 Å². The van der Waals surface area contributed by atoms with Crippen molar-refractivity contribution in [2.24, 2.45) is 0 Å². The smallest absolute Gasteiger partial charge is 0.399 e. The predicted molar refractivity (Wildman–Crippen MR) is 147 cm³/mol. The Balaban J connectivity index is 1.57. The van der Waals surface area contributed by atoms with Gasteiger partial charge in [0, 0.05) is 23.0 Å². The van der Waals surface area contributed by atoms with Crippen molar-refractivity contribution in [3.8, 4) is 22.4 Å². The summed E-state index contributed by atoms with van der Waals surface area (Å²) in [7, 11) is -4.26. The van der Waals surface area contributed by atoms with Gasteiger partial charge in [0.1, 0.15) is 0 Å². The highest BCUT2D eigenvalue weighted by molar-refractivity contribution is 7.92. The highest BCUT2D eigenvalue weighted by atomic mass is 32.2. The van der Waals surface area contributed by atoms with Gasteiger partial charge < -0.3 is 5.73 Å². The number of aromatic nitrogens is 2. The van der Waals surface area contributed by atoms with Crippen molar-refractivity contribution in [2.45, 2.75) is 48.7 Å². The number of sulfonamides is 1. The number of nitrogens with two attached hydrogens (primary N) is 1. The number of nitrogens with one attached hydrogen (secondary N) is 1. The Kier molecular flexibility index (Phi) is 8.09. The number of benzene rings is 3. The zero-order valence-electron chi connectivity index (χ0n) is 22.2. The molecule has 0 unspecified atom stereocenters. The fraction of sp³-hybridized carbons (Fsp3) is 0.241. The van der Waals surface area contributed by atoms with Gasteiger partial charge in [-0.1, -0.05) is 48.5 Å². The lowest BCUT2D eigenvalue weighted by molar-refractivity contribution is -0.341. The molecule has 1 aliphatic rings. The quantitative estimate of drug-likeness (QED) is 0.165. The van der Waals surface area contributed by atoms with Crippen LogP contribution in [0.1, 0.15) is 36.3 Å². The van der Waals surface area contributed by atoms with Crippen molar-refractivity contribution < 1.29 is 39.5 Å². The molecule has 2 atom stereocenters. The third-order valence-electron chi connectivity index (χ3n) is 7.02. The SMILES string of the molecule is Nc1cccc(S(=O)(=O)Nc2ncc(-c3cccc([C@@H]4CC[C@@H](OC(F)(F)F)C4)c3)c(-c3ccccc3C(F)(F)F)n2)c1. The van der Waals surface area contributed by atoms with Crippen molar-refractivity contribution in [2.75, 3.05) is 10.5 Å². The van der Waals surface area contributed by atoms with Crippen LogP contribution in [0.2, 0.25) is 0 Å². The topological polar surface area (TPSA) is 107 Å². The molecule has 0 bridgehead atoms. The van der Waals surface area contributed by atoms with E-state index in [0.717, 1.165) is 6.07 Å². The van der Waals surface area contributed by atoms with E-state index in [0.29, 0.717) is 17.5 Å². The van der Waals surface area contributed by atoms with Crippen LogP contribution in [0.25, 0.3) is 22.4 Å². The van der Waals surface area contributed by atoms with E-state index in [1.807, 2.05) is 0 Å². The van der Waals surface area contributed by atoms with E-state index in [1.165, 1.54) is 48.7 Å². The second kappa shape index (κ2) is 11.5. The molecule has 3 aromatic carbocycles. The van der Waals surface area contributed by atoms with E-state index in [2.05, 4.69) is 19.4 Å². The molecule has 7 nitrogen and oxygen atoms in total. The number of rotatable bonds is 7. The molecular weight excluding hydrogens is 598 g/mol. The van der Waals surface area contributed by atoms with Crippen LogP contribution < -0.4 is 10.5 Å².